The second-order valence-electron chi connectivity index (χ2n) is 5.56. The Balaban J connectivity index is 2.03. The van der Waals surface area contributed by atoms with E-state index in [2.05, 4.69) is 15.1 Å². The molecule has 118 valence electrons. The number of aromatic amines is 1. The van der Waals surface area contributed by atoms with Crippen LogP contribution in [-0.2, 0) is 6.42 Å². The number of halogens is 1. The SMILES string of the molecule is Cc1cc(C)n(-c2nc(C)c(Cc3ccccc3Cl)c(=O)[nH]2)n1. The summed E-state index contributed by atoms with van der Waals surface area (Å²) in [6.07, 6.45) is 0.450. The third kappa shape index (κ3) is 3.05. The minimum atomic E-state index is -0.167. The Bertz CT molecular complexity index is 927. The van der Waals surface area contributed by atoms with Crippen molar-refractivity contribution in [2.45, 2.75) is 27.2 Å². The lowest BCUT2D eigenvalue weighted by Crippen LogP contribution is -2.21. The Morgan fingerprint density at radius 2 is 1.96 bits per heavy atom. The zero-order valence-corrected chi connectivity index (χ0v) is 14.0. The summed E-state index contributed by atoms with van der Waals surface area (Å²) >= 11 is 6.18. The molecule has 5 nitrogen and oxygen atoms in total. The van der Waals surface area contributed by atoms with Crippen LogP contribution in [0.25, 0.3) is 5.95 Å². The van der Waals surface area contributed by atoms with E-state index in [0.29, 0.717) is 28.6 Å². The van der Waals surface area contributed by atoms with Crippen LogP contribution in [0.2, 0.25) is 5.02 Å². The second-order valence-corrected chi connectivity index (χ2v) is 5.97. The lowest BCUT2D eigenvalue weighted by Gasteiger charge is -2.09. The summed E-state index contributed by atoms with van der Waals surface area (Å²) in [6, 6.07) is 9.44. The predicted octanol–water partition coefficient (Wildman–Crippen LogP) is 3.13. The topological polar surface area (TPSA) is 63.6 Å². The zero-order chi connectivity index (χ0) is 16.6. The highest BCUT2D eigenvalue weighted by Gasteiger charge is 2.13. The molecule has 0 radical (unpaired) electrons. The molecule has 0 aliphatic rings. The van der Waals surface area contributed by atoms with Gasteiger partial charge >= 0.3 is 0 Å². The van der Waals surface area contributed by atoms with Gasteiger partial charge in [-0.1, -0.05) is 29.8 Å². The van der Waals surface area contributed by atoms with Gasteiger partial charge in [0.1, 0.15) is 0 Å². The monoisotopic (exact) mass is 328 g/mol. The summed E-state index contributed by atoms with van der Waals surface area (Å²) in [4.78, 5) is 19.8. The number of nitrogens with one attached hydrogen (secondary N) is 1. The van der Waals surface area contributed by atoms with Crippen LogP contribution >= 0.6 is 11.6 Å². The Labute approximate surface area is 139 Å². The van der Waals surface area contributed by atoms with Gasteiger partial charge in [0.25, 0.3) is 5.56 Å². The summed E-state index contributed by atoms with van der Waals surface area (Å²) in [6.45, 7) is 5.66. The van der Waals surface area contributed by atoms with Gasteiger partial charge in [0, 0.05) is 22.7 Å². The molecular weight excluding hydrogens is 312 g/mol. The van der Waals surface area contributed by atoms with E-state index in [1.54, 1.807) is 4.68 Å². The Hall–Kier alpha value is -2.40. The van der Waals surface area contributed by atoms with E-state index in [0.717, 1.165) is 17.0 Å². The summed E-state index contributed by atoms with van der Waals surface area (Å²) in [7, 11) is 0. The first kappa shape index (κ1) is 15.5. The van der Waals surface area contributed by atoms with Crippen molar-refractivity contribution < 1.29 is 0 Å². The smallest absolute Gasteiger partial charge is 0.256 e. The van der Waals surface area contributed by atoms with Crippen molar-refractivity contribution in [2.75, 3.05) is 0 Å². The van der Waals surface area contributed by atoms with Crippen LogP contribution in [0.4, 0.5) is 0 Å². The highest BCUT2D eigenvalue weighted by atomic mass is 35.5. The molecule has 0 atom stereocenters. The van der Waals surface area contributed by atoms with Crippen LogP contribution in [0.15, 0.2) is 35.1 Å². The fourth-order valence-electron chi connectivity index (χ4n) is 2.58. The molecule has 0 amide bonds. The summed E-state index contributed by atoms with van der Waals surface area (Å²) < 4.78 is 1.64. The standard InChI is InChI=1S/C17H17ClN4O/c1-10-8-11(2)22(21-10)17-19-12(3)14(16(23)20-17)9-13-6-4-5-7-15(13)18/h4-8H,9H2,1-3H3,(H,19,20,23). The van der Waals surface area contributed by atoms with Gasteiger partial charge in [0.15, 0.2) is 0 Å². The number of benzene rings is 1. The van der Waals surface area contributed by atoms with Crippen LogP contribution in [0.1, 0.15) is 28.2 Å². The van der Waals surface area contributed by atoms with E-state index in [4.69, 9.17) is 11.6 Å². The second kappa shape index (κ2) is 6.01. The normalized spacial score (nSPS) is 11.0. The molecule has 23 heavy (non-hydrogen) atoms. The molecular formula is C17H17ClN4O. The highest BCUT2D eigenvalue weighted by molar-refractivity contribution is 6.31. The molecule has 3 aromatic rings. The predicted molar refractivity (Wildman–Crippen MR) is 90.4 cm³/mol. The third-order valence-corrected chi connectivity index (χ3v) is 4.11. The van der Waals surface area contributed by atoms with Gasteiger partial charge in [-0.2, -0.15) is 5.10 Å². The number of aryl methyl sites for hydroxylation is 3. The van der Waals surface area contributed by atoms with Gasteiger partial charge in [-0.25, -0.2) is 9.67 Å². The van der Waals surface area contributed by atoms with Crippen molar-refractivity contribution >= 4 is 11.6 Å². The fraction of sp³-hybridized carbons (Fsp3) is 0.235. The summed E-state index contributed by atoms with van der Waals surface area (Å²) in [5.41, 5.74) is 3.83. The zero-order valence-electron chi connectivity index (χ0n) is 13.2. The van der Waals surface area contributed by atoms with E-state index < -0.39 is 0 Å². The average Bonchev–Trinajstić information content (AvgIpc) is 2.83. The van der Waals surface area contributed by atoms with E-state index in [1.165, 1.54) is 0 Å². The lowest BCUT2D eigenvalue weighted by atomic mass is 10.1. The molecule has 0 saturated carbocycles. The third-order valence-electron chi connectivity index (χ3n) is 3.75. The number of aromatic nitrogens is 4. The Kier molecular flexibility index (Phi) is 4.05. The van der Waals surface area contributed by atoms with Crippen LogP contribution in [0.3, 0.4) is 0 Å². The molecule has 2 aromatic heterocycles. The quantitative estimate of drug-likeness (QED) is 0.803. The van der Waals surface area contributed by atoms with Crippen molar-refractivity contribution in [3.8, 4) is 5.95 Å². The van der Waals surface area contributed by atoms with Gasteiger partial charge in [0.2, 0.25) is 5.95 Å². The molecule has 1 aromatic carbocycles. The van der Waals surface area contributed by atoms with Gasteiger partial charge in [-0.05, 0) is 38.5 Å². The van der Waals surface area contributed by atoms with E-state index in [1.807, 2.05) is 51.1 Å². The number of H-pyrrole nitrogens is 1. The molecule has 0 fully saturated rings. The van der Waals surface area contributed by atoms with Crippen molar-refractivity contribution in [1.82, 2.24) is 19.7 Å². The molecule has 1 N–H and O–H groups in total. The molecule has 0 spiro atoms. The molecule has 0 bridgehead atoms. The molecule has 0 saturated heterocycles. The van der Waals surface area contributed by atoms with Crippen molar-refractivity contribution in [3.63, 3.8) is 0 Å². The Morgan fingerprint density at radius 1 is 1.22 bits per heavy atom. The van der Waals surface area contributed by atoms with E-state index in [9.17, 15) is 4.79 Å². The number of hydrogen-bond donors (Lipinski definition) is 1. The van der Waals surface area contributed by atoms with Crippen LogP contribution in [0, 0.1) is 20.8 Å². The molecule has 0 aliphatic carbocycles. The molecule has 3 rings (SSSR count). The summed E-state index contributed by atoms with van der Waals surface area (Å²) in [5.74, 6) is 0.431. The maximum atomic E-state index is 12.5. The maximum Gasteiger partial charge on any atom is 0.256 e. The fourth-order valence-corrected chi connectivity index (χ4v) is 2.78. The molecule has 0 aliphatic heterocycles. The van der Waals surface area contributed by atoms with Gasteiger partial charge < -0.3 is 0 Å². The van der Waals surface area contributed by atoms with Crippen LogP contribution < -0.4 is 5.56 Å². The number of hydrogen-bond acceptors (Lipinski definition) is 3. The first-order valence-electron chi connectivity index (χ1n) is 7.32. The van der Waals surface area contributed by atoms with Crippen LogP contribution in [-0.4, -0.2) is 19.7 Å². The molecule has 2 heterocycles. The number of rotatable bonds is 3. The summed E-state index contributed by atoms with van der Waals surface area (Å²) in [5, 5.41) is 5.00. The van der Waals surface area contributed by atoms with Crippen molar-refractivity contribution in [2.24, 2.45) is 0 Å². The lowest BCUT2D eigenvalue weighted by molar-refractivity contribution is 0.756. The van der Waals surface area contributed by atoms with Crippen molar-refractivity contribution in [3.05, 3.63) is 73.9 Å². The van der Waals surface area contributed by atoms with Gasteiger partial charge in [-0.3, -0.25) is 9.78 Å². The van der Waals surface area contributed by atoms with Crippen LogP contribution in [0.5, 0.6) is 0 Å². The minimum absolute atomic E-state index is 0.167. The molecule has 6 heteroatoms. The maximum absolute atomic E-state index is 12.5. The number of nitrogens with zero attached hydrogens (tertiary/aromatic N) is 3. The van der Waals surface area contributed by atoms with Crippen molar-refractivity contribution in [1.29, 1.82) is 0 Å². The first-order chi connectivity index (χ1) is 11.0. The largest absolute Gasteiger partial charge is 0.291 e. The van der Waals surface area contributed by atoms with Gasteiger partial charge in [-0.15, -0.1) is 0 Å². The highest BCUT2D eigenvalue weighted by Crippen LogP contribution is 2.18. The first-order valence-corrected chi connectivity index (χ1v) is 7.70. The van der Waals surface area contributed by atoms with E-state index in [-0.39, 0.29) is 5.56 Å². The van der Waals surface area contributed by atoms with Gasteiger partial charge in [0.05, 0.1) is 11.4 Å². The Morgan fingerprint density at radius 3 is 2.57 bits per heavy atom. The average molecular weight is 329 g/mol. The van der Waals surface area contributed by atoms with E-state index >= 15 is 0 Å². The minimum Gasteiger partial charge on any atom is -0.291 e. The molecule has 0 unspecified atom stereocenters.